The van der Waals surface area contributed by atoms with Crippen molar-refractivity contribution in [1.29, 1.82) is 0 Å². The minimum atomic E-state index is -1.86. The first-order valence-electron chi connectivity index (χ1n) is 26.6. The molecule has 9 rings (SSSR count). The van der Waals surface area contributed by atoms with Crippen molar-refractivity contribution in [3.05, 3.63) is 23.8 Å². The number of hydrogen-bond acceptors (Lipinski definition) is 23. The zero-order valence-corrected chi connectivity index (χ0v) is 42.5. The van der Waals surface area contributed by atoms with Crippen LogP contribution in [-0.4, -0.2) is 239 Å². The van der Waals surface area contributed by atoms with Crippen LogP contribution in [0.25, 0.3) is 0 Å². The van der Waals surface area contributed by atoms with Crippen molar-refractivity contribution in [2.45, 2.75) is 226 Å². The van der Waals surface area contributed by atoms with Crippen LogP contribution < -0.4 is 0 Å². The molecule has 5 saturated heterocycles. The molecule has 74 heavy (non-hydrogen) atoms. The van der Waals surface area contributed by atoms with Gasteiger partial charge in [0.15, 0.2) is 30.9 Å². The van der Waals surface area contributed by atoms with E-state index in [2.05, 4.69) is 33.4 Å². The van der Waals surface area contributed by atoms with E-state index in [1.165, 1.54) is 12.5 Å². The van der Waals surface area contributed by atoms with Crippen molar-refractivity contribution >= 4 is 0 Å². The highest BCUT2D eigenvalue weighted by molar-refractivity contribution is 5.26. The molecule has 424 valence electrons. The van der Waals surface area contributed by atoms with Crippen molar-refractivity contribution in [3.8, 4) is 0 Å². The summed E-state index contributed by atoms with van der Waals surface area (Å²) < 4.78 is 54.2. The Kier molecular flexibility index (Phi) is 17.2. The maximum absolute atomic E-state index is 12.1. The van der Waals surface area contributed by atoms with Crippen molar-refractivity contribution in [2.75, 3.05) is 26.4 Å². The summed E-state index contributed by atoms with van der Waals surface area (Å²) in [7, 11) is 0. The van der Waals surface area contributed by atoms with Crippen LogP contribution in [0.4, 0.5) is 0 Å². The molecule has 5 aliphatic heterocycles. The van der Waals surface area contributed by atoms with E-state index in [-0.39, 0.29) is 41.8 Å². The summed E-state index contributed by atoms with van der Waals surface area (Å²) in [5, 5.41) is 148. The summed E-state index contributed by atoms with van der Waals surface area (Å²) in [4.78, 5) is 0. The molecular formula is C51H82O23. The Labute approximate surface area is 430 Å². The van der Waals surface area contributed by atoms with Crippen LogP contribution in [0.15, 0.2) is 23.8 Å². The van der Waals surface area contributed by atoms with Crippen LogP contribution in [-0.2, 0) is 42.6 Å². The summed E-state index contributed by atoms with van der Waals surface area (Å²) in [6.07, 6.45) is -22.8. The van der Waals surface area contributed by atoms with Crippen molar-refractivity contribution < 1.29 is 114 Å². The smallest absolute Gasteiger partial charge is 0.187 e. The van der Waals surface area contributed by atoms with Gasteiger partial charge in [-0.15, -0.1) is 0 Å². The van der Waals surface area contributed by atoms with Crippen molar-refractivity contribution in [2.24, 2.45) is 40.4 Å². The van der Waals surface area contributed by atoms with Crippen LogP contribution in [0.3, 0.4) is 0 Å². The van der Waals surface area contributed by atoms with E-state index in [0.29, 0.717) is 42.6 Å². The number of ether oxygens (including phenoxy) is 9. The molecule has 0 amide bonds. The highest BCUT2D eigenvalue weighted by Gasteiger charge is 2.68. The molecule has 0 aromatic carbocycles. The zero-order valence-electron chi connectivity index (χ0n) is 42.5. The molecule has 23 nitrogen and oxygen atoms in total. The number of aliphatic hydroxyl groups is 14. The Morgan fingerprint density at radius 2 is 1.23 bits per heavy atom. The van der Waals surface area contributed by atoms with Gasteiger partial charge in [0.1, 0.15) is 91.6 Å². The number of aliphatic hydroxyl groups excluding tert-OH is 13. The molecule has 8 fully saturated rings. The molecule has 14 N–H and O–H groups in total. The molecule has 30 atom stereocenters. The van der Waals surface area contributed by atoms with E-state index >= 15 is 0 Å². The van der Waals surface area contributed by atoms with Gasteiger partial charge in [-0.05, 0) is 92.8 Å². The van der Waals surface area contributed by atoms with Gasteiger partial charge in [0, 0.05) is 12.3 Å². The lowest BCUT2D eigenvalue weighted by Crippen LogP contribution is -2.67. The largest absolute Gasteiger partial charge is 0.394 e. The maximum Gasteiger partial charge on any atom is 0.187 e. The van der Waals surface area contributed by atoms with Gasteiger partial charge in [0.05, 0.1) is 44.7 Å². The molecule has 4 aliphatic carbocycles. The van der Waals surface area contributed by atoms with Gasteiger partial charge in [-0.25, -0.2) is 0 Å². The highest BCUT2D eigenvalue weighted by atomic mass is 16.8. The van der Waals surface area contributed by atoms with E-state index in [0.717, 1.165) is 32.1 Å². The van der Waals surface area contributed by atoms with E-state index < -0.39 is 155 Å². The molecule has 0 aromatic heterocycles. The Morgan fingerprint density at radius 1 is 0.649 bits per heavy atom. The summed E-state index contributed by atoms with van der Waals surface area (Å²) in [6, 6.07) is 0. The number of allylic oxidation sites excluding steroid dienone is 1. The lowest BCUT2D eigenvalue weighted by Gasteiger charge is -2.58. The van der Waals surface area contributed by atoms with Crippen LogP contribution in [0.5, 0.6) is 0 Å². The summed E-state index contributed by atoms with van der Waals surface area (Å²) in [5.74, 6) is -0.401. The quantitative estimate of drug-likeness (QED) is 0.0723. The van der Waals surface area contributed by atoms with Gasteiger partial charge < -0.3 is 114 Å². The average Bonchev–Trinajstić information content (AvgIpc) is 3.82. The van der Waals surface area contributed by atoms with Gasteiger partial charge in [0.25, 0.3) is 0 Å². The fraction of sp³-hybridized carbons (Fsp3) is 0.922. The second-order valence-corrected chi connectivity index (χ2v) is 23.4. The van der Waals surface area contributed by atoms with Gasteiger partial charge in [-0.2, -0.15) is 0 Å². The molecule has 0 bridgehead atoms. The minimum absolute atomic E-state index is 0.0495. The maximum atomic E-state index is 12.1. The standard InChI is InChI=1S/C51H82O23/c1-20(19-66-45-39(61)37(59)34(56)29(16-52)69-45)8-13-51(65)21(2)32-28(74-51)15-27-25-7-6-23-14-24(9-11-49(23,4)26(25)10-12-50(27,32)5)68-48-44(73-46-40(62)36(58)33(55)22(3)67-46)42(64)43(31(18-54)71-48)72-47-41(63)38(60)35(57)30(17-53)70-47/h6,21-22,24-48,52-65H,1,7-19H2,2-5H3/t21-,22?,24?,25?,26?,27?,28?,29?,30?,31?,32?,33?,34?,35?,36-,37+,38+,39-,40-,41-,42+,43?,44-,45?,46?,47?,48?,49-,50-,51?/m0/s1. The molecule has 3 saturated carbocycles. The number of rotatable bonds is 15. The van der Waals surface area contributed by atoms with E-state index in [9.17, 15) is 71.5 Å². The van der Waals surface area contributed by atoms with Gasteiger partial charge in [-0.3, -0.25) is 0 Å². The van der Waals surface area contributed by atoms with Crippen molar-refractivity contribution in [3.63, 3.8) is 0 Å². The number of hydrogen-bond donors (Lipinski definition) is 14. The van der Waals surface area contributed by atoms with Crippen LogP contribution in [0.2, 0.25) is 0 Å². The summed E-state index contributed by atoms with van der Waals surface area (Å²) in [6.45, 7) is 10.2. The minimum Gasteiger partial charge on any atom is -0.394 e. The monoisotopic (exact) mass is 1060 g/mol. The first-order chi connectivity index (χ1) is 35.0. The van der Waals surface area contributed by atoms with Crippen LogP contribution >= 0.6 is 0 Å². The number of fused-ring (bicyclic) bond motifs is 7. The van der Waals surface area contributed by atoms with E-state index in [1.54, 1.807) is 0 Å². The molecule has 0 radical (unpaired) electrons. The molecule has 0 spiro atoms. The summed E-state index contributed by atoms with van der Waals surface area (Å²) in [5.41, 5.74) is 1.59. The molecule has 0 aromatic rings. The van der Waals surface area contributed by atoms with Crippen LogP contribution in [0, 0.1) is 40.4 Å². The Balaban J connectivity index is 0.849. The molecule has 9 aliphatic rings. The summed E-state index contributed by atoms with van der Waals surface area (Å²) >= 11 is 0. The fourth-order valence-electron chi connectivity index (χ4n) is 14.8. The topological polar surface area (TPSA) is 366 Å². The SMILES string of the molecule is C=C(CCC1(O)OC2CC3C4CC=C5CC(OC6OC(CO)C(OC7OC(CO)C(O)[C@@H](O)[C@@H]7O)[C@@H](O)[C@@H]6OC6OC(C)C(O)[C@H](O)[C@@H]6O)CC[C@]5(C)C4CC[C@]3(C)C2[C@@H]1C)COC1OC(CO)C(O)[C@@H](O)[C@@H]1O. The zero-order chi connectivity index (χ0) is 53.5. The third-order valence-corrected chi connectivity index (χ3v) is 19.2. The fourth-order valence-corrected chi connectivity index (χ4v) is 14.8. The lowest BCUT2D eigenvalue weighted by atomic mass is 9.47. The Bertz CT molecular complexity index is 1960. The van der Waals surface area contributed by atoms with E-state index in [4.69, 9.17) is 42.6 Å². The highest BCUT2D eigenvalue weighted by Crippen LogP contribution is 2.70. The molecule has 23 heteroatoms. The molecule has 5 heterocycles. The first kappa shape index (κ1) is 57.3. The second-order valence-electron chi connectivity index (χ2n) is 23.4. The Morgan fingerprint density at radius 3 is 1.88 bits per heavy atom. The normalized spacial score (nSPS) is 54.4. The lowest BCUT2D eigenvalue weighted by molar-refractivity contribution is -0.389. The second kappa shape index (κ2) is 22.2. The molecule has 19 unspecified atom stereocenters. The first-order valence-corrected chi connectivity index (χ1v) is 26.6. The van der Waals surface area contributed by atoms with Gasteiger partial charge in [0.2, 0.25) is 0 Å². The average molecular weight is 1060 g/mol. The third-order valence-electron chi connectivity index (χ3n) is 19.2. The van der Waals surface area contributed by atoms with Gasteiger partial charge >= 0.3 is 0 Å². The third kappa shape index (κ3) is 10.1. The predicted octanol–water partition coefficient (Wildman–Crippen LogP) is -3.09. The molecular weight excluding hydrogens is 981 g/mol. The Hall–Kier alpha value is -1.44. The van der Waals surface area contributed by atoms with Gasteiger partial charge in [-0.1, -0.05) is 44.6 Å². The van der Waals surface area contributed by atoms with E-state index in [1.807, 2.05) is 0 Å². The van der Waals surface area contributed by atoms with Crippen LogP contribution in [0.1, 0.15) is 85.5 Å². The van der Waals surface area contributed by atoms with Crippen molar-refractivity contribution in [1.82, 2.24) is 0 Å². The predicted molar refractivity (Wildman–Crippen MR) is 250 cm³/mol.